The Morgan fingerprint density at radius 3 is 2.03 bits per heavy atom. The lowest BCUT2D eigenvalue weighted by Gasteiger charge is -2.32. The molecular formula is C57H37N7. The third-order valence-corrected chi connectivity index (χ3v) is 12.2. The Morgan fingerprint density at radius 1 is 0.516 bits per heavy atom. The Kier molecular flexibility index (Phi) is 8.65. The fourth-order valence-electron chi connectivity index (χ4n) is 9.22. The van der Waals surface area contributed by atoms with Gasteiger partial charge in [-0.1, -0.05) is 147 Å². The maximum absolute atomic E-state index is 5.34. The zero-order valence-electron chi connectivity index (χ0n) is 34.6. The maximum atomic E-state index is 5.34. The van der Waals surface area contributed by atoms with E-state index >= 15 is 0 Å². The van der Waals surface area contributed by atoms with Crippen LogP contribution in [0.3, 0.4) is 0 Å². The summed E-state index contributed by atoms with van der Waals surface area (Å²) in [4.78, 5) is 27.6. The molecule has 0 radical (unpaired) electrons. The molecule has 1 aliphatic heterocycles. The summed E-state index contributed by atoms with van der Waals surface area (Å²) in [6, 6.07) is 61.7. The van der Waals surface area contributed by atoms with E-state index in [1.165, 1.54) is 32.9 Å². The molecule has 0 bridgehead atoms. The Balaban J connectivity index is 1.03. The van der Waals surface area contributed by atoms with E-state index < -0.39 is 0 Å². The maximum Gasteiger partial charge on any atom is 0.238 e. The van der Waals surface area contributed by atoms with Crippen LogP contribution in [-0.4, -0.2) is 29.5 Å². The number of hydrogen-bond acceptors (Lipinski definition) is 6. The lowest BCUT2D eigenvalue weighted by Crippen LogP contribution is -2.19. The van der Waals surface area contributed by atoms with Crippen LogP contribution in [0.2, 0.25) is 0 Å². The normalized spacial score (nSPS) is 12.2. The van der Waals surface area contributed by atoms with Gasteiger partial charge in [-0.25, -0.2) is 9.97 Å². The fraction of sp³-hybridized carbons (Fsp3) is 0. The summed E-state index contributed by atoms with van der Waals surface area (Å²) in [6.45, 7) is 8.02. The number of nitrogens with zero attached hydrogens (tertiary/aromatic N) is 7. The third kappa shape index (κ3) is 5.94. The molecule has 0 aliphatic carbocycles. The van der Waals surface area contributed by atoms with Gasteiger partial charge in [-0.2, -0.15) is 9.97 Å². The third-order valence-electron chi connectivity index (χ3n) is 12.2. The number of para-hydroxylation sites is 1. The number of rotatable bonds is 8. The van der Waals surface area contributed by atoms with Crippen molar-refractivity contribution >= 4 is 66.5 Å². The molecule has 0 atom stereocenters. The zero-order valence-corrected chi connectivity index (χ0v) is 34.6. The molecule has 0 saturated heterocycles. The van der Waals surface area contributed by atoms with Gasteiger partial charge in [0.2, 0.25) is 5.95 Å². The van der Waals surface area contributed by atoms with Crippen LogP contribution in [-0.2, 0) is 0 Å². The van der Waals surface area contributed by atoms with Crippen molar-refractivity contribution < 1.29 is 0 Å². The molecule has 0 N–H and O–H groups in total. The van der Waals surface area contributed by atoms with Gasteiger partial charge in [0.05, 0.1) is 39.1 Å². The van der Waals surface area contributed by atoms with E-state index in [2.05, 4.69) is 156 Å². The van der Waals surface area contributed by atoms with Crippen LogP contribution >= 0.6 is 0 Å². The quantitative estimate of drug-likeness (QED) is 0.112. The number of allylic oxidation sites excluding steroid dienone is 4. The van der Waals surface area contributed by atoms with E-state index in [9.17, 15) is 0 Å². The predicted molar refractivity (Wildman–Crippen MR) is 263 cm³/mol. The highest BCUT2D eigenvalue weighted by Crippen LogP contribution is 2.51. The summed E-state index contributed by atoms with van der Waals surface area (Å²) in [6.07, 6.45) is 7.16. The summed E-state index contributed by atoms with van der Waals surface area (Å²) in [5.41, 5.74) is 14.9. The molecule has 12 rings (SSSR count). The van der Waals surface area contributed by atoms with Crippen molar-refractivity contribution in [3.63, 3.8) is 0 Å². The molecule has 0 unspecified atom stereocenters. The topological polar surface area (TPSA) is 72.6 Å². The summed E-state index contributed by atoms with van der Waals surface area (Å²) in [5, 5.41) is 4.43. The molecule has 300 valence electrons. The number of pyridine rings is 2. The van der Waals surface area contributed by atoms with Gasteiger partial charge in [0.25, 0.3) is 0 Å². The molecule has 0 saturated carbocycles. The van der Waals surface area contributed by atoms with Crippen molar-refractivity contribution in [2.24, 2.45) is 0 Å². The molecule has 5 heterocycles. The van der Waals surface area contributed by atoms with Gasteiger partial charge in [-0.05, 0) is 82.9 Å². The molecule has 7 aromatic carbocycles. The van der Waals surface area contributed by atoms with E-state index in [1.807, 2.05) is 54.7 Å². The standard InChI is InChI=1S/C57H37N7/c1-3-15-36(4-2)55-60-56(39-18-9-6-10-19-39)62-57(61-55)64-50-32-28-41(35-46(50)54-52-44(21-13-24-51(52)64)53-47(59-54)22-14-33-58-53)38-25-29-42(30-26-38)63-48-23-12-11-20-43(48)45-34-40(27-31-49(45)63)37-16-7-5-8-17-37/h3-35H,1-2H2/b36-15+. The second kappa shape index (κ2) is 15.0. The van der Waals surface area contributed by atoms with Gasteiger partial charge in [0.15, 0.2) is 11.6 Å². The highest BCUT2D eigenvalue weighted by Gasteiger charge is 2.31. The van der Waals surface area contributed by atoms with Crippen molar-refractivity contribution in [3.05, 3.63) is 219 Å². The lowest BCUT2D eigenvalue weighted by atomic mass is 9.92. The largest absolute Gasteiger partial charge is 0.309 e. The van der Waals surface area contributed by atoms with E-state index in [4.69, 9.17) is 24.9 Å². The van der Waals surface area contributed by atoms with Crippen molar-refractivity contribution in [2.75, 3.05) is 4.90 Å². The number of anilines is 3. The van der Waals surface area contributed by atoms with Gasteiger partial charge in [0.1, 0.15) is 0 Å². The fourth-order valence-corrected chi connectivity index (χ4v) is 9.22. The van der Waals surface area contributed by atoms with Crippen LogP contribution < -0.4 is 4.90 Å². The van der Waals surface area contributed by atoms with Crippen molar-refractivity contribution in [1.29, 1.82) is 0 Å². The van der Waals surface area contributed by atoms with Crippen LogP contribution in [0.5, 0.6) is 0 Å². The number of hydrogen-bond donors (Lipinski definition) is 0. The van der Waals surface area contributed by atoms with Gasteiger partial charge >= 0.3 is 0 Å². The molecule has 0 fully saturated rings. The van der Waals surface area contributed by atoms with Crippen LogP contribution in [0.1, 0.15) is 5.82 Å². The molecule has 4 aromatic heterocycles. The highest BCUT2D eigenvalue weighted by atomic mass is 15.3. The minimum absolute atomic E-state index is 0.473. The van der Waals surface area contributed by atoms with Crippen LogP contribution in [0, 0.1) is 0 Å². The van der Waals surface area contributed by atoms with Crippen LogP contribution in [0.15, 0.2) is 214 Å². The van der Waals surface area contributed by atoms with Gasteiger partial charge in [-0.3, -0.25) is 9.88 Å². The number of benzene rings is 7. The van der Waals surface area contributed by atoms with E-state index in [0.717, 1.165) is 72.4 Å². The van der Waals surface area contributed by atoms with Crippen molar-refractivity contribution in [2.45, 2.75) is 0 Å². The molecular weight excluding hydrogens is 783 g/mol. The molecule has 1 aliphatic rings. The lowest BCUT2D eigenvalue weighted by molar-refractivity contribution is 0.995. The predicted octanol–water partition coefficient (Wildman–Crippen LogP) is 14.3. The molecule has 64 heavy (non-hydrogen) atoms. The second-order valence-electron chi connectivity index (χ2n) is 15.8. The zero-order chi connectivity index (χ0) is 42.7. The smallest absolute Gasteiger partial charge is 0.238 e. The van der Waals surface area contributed by atoms with E-state index in [-0.39, 0.29) is 0 Å². The van der Waals surface area contributed by atoms with E-state index in [1.54, 1.807) is 12.2 Å². The Labute approximate surface area is 369 Å². The highest BCUT2D eigenvalue weighted by molar-refractivity contribution is 6.19. The van der Waals surface area contributed by atoms with Crippen LogP contribution in [0.25, 0.3) is 99.8 Å². The first-order valence-corrected chi connectivity index (χ1v) is 21.2. The molecule has 7 heteroatoms. The first kappa shape index (κ1) is 37.0. The Hall–Kier alpha value is -8.81. The average molecular weight is 820 g/mol. The minimum atomic E-state index is 0.473. The van der Waals surface area contributed by atoms with Gasteiger partial charge in [0, 0.05) is 50.1 Å². The summed E-state index contributed by atoms with van der Waals surface area (Å²) < 4.78 is 2.36. The van der Waals surface area contributed by atoms with Gasteiger partial charge in [-0.15, -0.1) is 0 Å². The molecule has 0 amide bonds. The van der Waals surface area contributed by atoms with E-state index in [0.29, 0.717) is 17.6 Å². The van der Waals surface area contributed by atoms with Gasteiger partial charge < -0.3 is 4.57 Å². The summed E-state index contributed by atoms with van der Waals surface area (Å²) in [7, 11) is 0. The summed E-state index contributed by atoms with van der Waals surface area (Å²) in [5.74, 6) is 1.51. The Morgan fingerprint density at radius 2 is 1.22 bits per heavy atom. The van der Waals surface area contributed by atoms with Crippen molar-refractivity contribution in [3.8, 4) is 50.6 Å². The van der Waals surface area contributed by atoms with Crippen molar-refractivity contribution in [1.82, 2.24) is 29.5 Å². The minimum Gasteiger partial charge on any atom is -0.309 e. The molecule has 0 spiro atoms. The summed E-state index contributed by atoms with van der Waals surface area (Å²) >= 11 is 0. The molecule has 7 nitrogen and oxygen atoms in total. The average Bonchev–Trinajstić information content (AvgIpc) is 3.69. The van der Waals surface area contributed by atoms with Crippen LogP contribution in [0.4, 0.5) is 17.3 Å². The number of aromatic nitrogens is 6. The first-order valence-electron chi connectivity index (χ1n) is 21.2. The Bertz CT molecular complexity index is 3700. The monoisotopic (exact) mass is 819 g/mol. The first-order chi connectivity index (χ1) is 31.6. The molecule has 11 aromatic rings. The number of fused-ring (bicyclic) bond motifs is 7. The SMILES string of the molecule is C=C/C=C(\C=C)c1nc(-c2ccccc2)nc(N2c3ccc(-c4ccc(-n5c6ccccc6c6cc(-c7ccccc7)ccc65)cc4)cc3-c3nc4cccnc4c4cccc2c34)n1. The second-order valence-corrected chi connectivity index (χ2v) is 15.8.